The Morgan fingerprint density at radius 3 is 2.47 bits per heavy atom. The van der Waals surface area contributed by atoms with Gasteiger partial charge >= 0.3 is 0 Å². The average Bonchev–Trinajstić information content (AvgIpc) is 2.81. The van der Waals surface area contributed by atoms with E-state index in [0.29, 0.717) is 22.8 Å². The van der Waals surface area contributed by atoms with Crippen molar-refractivity contribution >= 4 is 23.0 Å². The van der Waals surface area contributed by atoms with E-state index in [1.54, 1.807) is 36.4 Å². The van der Waals surface area contributed by atoms with Gasteiger partial charge in [-0.25, -0.2) is 18.7 Å². The van der Waals surface area contributed by atoms with Gasteiger partial charge in [0.15, 0.2) is 11.6 Å². The molecule has 7 nitrogen and oxygen atoms in total. The molecule has 170 valence electrons. The lowest BCUT2D eigenvalue weighted by atomic mass is 10.1. The van der Waals surface area contributed by atoms with Crippen LogP contribution in [0.25, 0.3) is 17.0 Å². The van der Waals surface area contributed by atoms with Crippen LogP contribution in [-0.4, -0.2) is 15.8 Å². The zero-order valence-corrected chi connectivity index (χ0v) is 17.8. The summed E-state index contributed by atoms with van der Waals surface area (Å²) in [6.45, 7) is 3.98. The second-order valence-corrected chi connectivity index (χ2v) is 7.25. The highest BCUT2D eigenvalue weighted by Gasteiger charge is 2.15. The van der Waals surface area contributed by atoms with E-state index in [4.69, 9.17) is 21.6 Å². The van der Waals surface area contributed by atoms with E-state index in [1.807, 2.05) is 0 Å². The van der Waals surface area contributed by atoms with Crippen molar-refractivity contribution in [3.05, 3.63) is 102 Å². The molecule has 2 aromatic heterocycles. The second-order valence-electron chi connectivity index (χ2n) is 7.25. The van der Waals surface area contributed by atoms with Crippen molar-refractivity contribution in [3.63, 3.8) is 0 Å². The molecule has 0 amide bonds. The van der Waals surface area contributed by atoms with E-state index >= 15 is 0 Å². The number of rotatable bonds is 7. The summed E-state index contributed by atoms with van der Waals surface area (Å²) in [4.78, 5) is 8.42. The highest BCUT2D eigenvalue weighted by Crippen LogP contribution is 2.31. The third kappa shape index (κ3) is 4.83. The molecule has 0 saturated carbocycles. The largest absolute Gasteiger partial charge is 0.453 e. The highest BCUT2D eigenvalue weighted by molar-refractivity contribution is 6.01. The quantitative estimate of drug-likeness (QED) is 0.224. The maximum Gasteiger partial charge on any atom is 0.167 e. The van der Waals surface area contributed by atoms with Gasteiger partial charge in [0.25, 0.3) is 0 Å². The standard InChI is InChI=1S/C25H20F2N6O/c1-14(19-3-2-4-20(33-19)15-5-7-16(26)8-6-15)32-17-9-10-21(18(27)13-17)34-22-11-12-31-25(30)23(22)24(28)29/h2-13,32H,1H2,(H3,28,29)(H2,30,31). The molecule has 6 N–H and O–H groups in total. The van der Waals surface area contributed by atoms with Crippen molar-refractivity contribution < 1.29 is 13.5 Å². The first kappa shape index (κ1) is 22.4. The van der Waals surface area contributed by atoms with Crippen molar-refractivity contribution in [1.29, 1.82) is 5.41 Å². The molecule has 0 unspecified atom stereocenters. The SMILES string of the molecule is C=C(Nc1ccc(Oc2ccnc(N)c2C(=N)N)c(F)c1)c1cccc(-c2ccc(F)cc2)n1. The first-order chi connectivity index (χ1) is 16.3. The van der Waals surface area contributed by atoms with Gasteiger partial charge in [0.2, 0.25) is 0 Å². The summed E-state index contributed by atoms with van der Waals surface area (Å²) < 4.78 is 33.6. The Balaban J connectivity index is 1.52. The number of aromatic nitrogens is 2. The summed E-state index contributed by atoms with van der Waals surface area (Å²) in [5.74, 6) is -1.28. The van der Waals surface area contributed by atoms with Crippen molar-refractivity contribution in [2.75, 3.05) is 11.1 Å². The fourth-order valence-electron chi connectivity index (χ4n) is 3.22. The summed E-state index contributed by atoms with van der Waals surface area (Å²) in [6.07, 6.45) is 1.38. The van der Waals surface area contributed by atoms with Crippen LogP contribution in [0.2, 0.25) is 0 Å². The van der Waals surface area contributed by atoms with Gasteiger partial charge in [-0.1, -0.05) is 12.6 Å². The van der Waals surface area contributed by atoms with Crippen molar-refractivity contribution in [3.8, 4) is 22.8 Å². The number of anilines is 2. The predicted molar refractivity (Wildman–Crippen MR) is 128 cm³/mol. The zero-order chi connectivity index (χ0) is 24.2. The molecule has 4 aromatic rings. The molecule has 0 saturated heterocycles. The van der Waals surface area contributed by atoms with E-state index < -0.39 is 5.82 Å². The van der Waals surface area contributed by atoms with Crippen LogP contribution < -0.4 is 21.5 Å². The van der Waals surface area contributed by atoms with Gasteiger partial charge < -0.3 is 21.5 Å². The van der Waals surface area contributed by atoms with Crippen LogP contribution in [0.15, 0.2) is 79.5 Å². The fourth-order valence-corrected chi connectivity index (χ4v) is 3.22. The normalized spacial score (nSPS) is 10.5. The van der Waals surface area contributed by atoms with Gasteiger partial charge in [0.1, 0.15) is 28.8 Å². The van der Waals surface area contributed by atoms with Crippen LogP contribution in [-0.2, 0) is 0 Å². The minimum absolute atomic E-state index is 0.00959. The zero-order valence-electron chi connectivity index (χ0n) is 17.8. The van der Waals surface area contributed by atoms with Crippen LogP contribution in [0.5, 0.6) is 11.5 Å². The van der Waals surface area contributed by atoms with Gasteiger partial charge in [-0.15, -0.1) is 0 Å². The number of hydrogen-bond acceptors (Lipinski definition) is 6. The molecule has 0 radical (unpaired) electrons. The third-order valence-electron chi connectivity index (χ3n) is 4.86. The van der Waals surface area contributed by atoms with E-state index in [2.05, 4.69) is 21.9 Å². The van der Waals surface area contributed by atoms with Crippen LogP contribution >= 0.6 is 0 Å². The van der Waals surface area contributed by atoms with E-state index in [1.165, 1.54) is 36.5 Å². The molecule has 0 fully saturated rings. The minimum atomic E-state index is -0.657. The molecule has 2 heterocycles. The molecule has 0 aliphatic rings. The first-order valence-electron chi connectivity index (χ1n) is 10.1. The monoisotopic (exact) mass is 458 g/mol. The van der Waals surface area contributed by atoms with E-state index in [-0.39, 0.29) is 34.5 Å². The van der Waals surface area contributed by atoms with Crippen LogP contribution in [0.1, 0.15) is 11.3 Å². The maximum absolute atomic E-state index is 14.8. The van der Waals surface area contributed by atoms with Gasteiger partial charge in [-0.2, -0.15) is 0 Å². The molecule has 4 rings (SSSR count). The van der Waals surface area contributed by atoms with Crippen molar-refractivity contribution in [2.24, 2.45) is 5.73 Å². The number of ether oxygens (including phenoxy) is 1. The number of amidine groups is 1. The molecule has 0 atom stereocenters. The molecule has 9 heteroatoms. The van der Waals surface area contributed by atoms with Gasteiger partial charge in [-0.05, 0) is 48.5 Å². The molecule has 0 spiro atoms. The maximum atomic E-state index is 14.8. The molecular weight excluding hydrogens is 438 g/mol. The number of nitrogens with two attached hydrogens (primary N) is 2. The van der Waals surface area contributed by atoms with Crippen molar-refractivity contribution in [2.45, 2.75) is 0 Å². The van der Waals surface area contributed by atoms with Gasteiger partial charge in [0.05, 0.1) is 17.1 Å². The number of nitrogens with zero attached hydrogens (tertiary/aromatic N) is 2. The Morgan fingerprint density at radius 2 is 1.76 bits per heavy atom. The third-order valence-corrected chi connectivity index (χ3v) is 4.86. The molecule has 2 aromatic carbocycles. The van der Waals surface area contributed by atoms with Gasteiger partial charge in [0, 0.05) is 29.6 Å². The predicted octanol–water partition coefficient (Wildman–Crippen LogP) is 5.16. The Hall–Kier alpha value is -4.79. The number of hydrogen-bond donors (Lipinski definition) is 4. The van der Waals surface area contributed by atoms with E-state index in [0.717, 1.165) is 5.56 Å². The average molecular weight is 458 g/mol. The number of pyridine rings is 2. The molecule has 0 aliphatic carbocycles. The highest BCUT2D eigenvalue weighted by atomic mass is 19.1. The fraction of sp³-hybridized carbons (Fsp3) is 0. The summed E-state index contributed by atoms with van der Waals surface area (Å²) in [6, 6.07) is 17.1. The molecular formula is C25H20F2N6O. The Labute approximate surface area is 194 Å². The topological polar surface area (TPSA) is 123 Å². The second kappa shape index (κ2) is 9.37. The summed E-state index contributed by atoms with van der Waals surface area (Å²) in [7, 11) is 0. The number of halogens is 2. The number of nitrogen functional groups attached to an aromatic ring is 2. The molecule has 0 bridgehead atoms. The summed E-state index contributed by atoms with van der Waals surface area (Å²) in [5.41, 5.74) is 14.2. The van der Waals surface area contributed by atoms with E-state index in [9.17, 15) is 8.78 Å². The van der Waals surface area contributed by atoms with Crippen molar-refractivity contribution in [1.82, 2.24) is 9.97 Å². The lowest BCUT2D eigenvalue weighted by Gasteiger charge is -2.14. The van der Waals surface area contributed by atoms with Crippen LogP contribution in [0, 0.1) is 17.0 Å². The first-order valence-corrected chi connectivity index (χ1v) is 10.1. The van der Waals surface area contributed by atoms with Gasteiger partial charge in [-0.3, -0.25) is 5.41 Å². The lowest BCUT2D eigenvalue weighted by molar-refractivity contribution is 0.441. The summed E-state index contributed by atoms with van der Waals surface area (Å²) >= 11 is 0. The summed E-state index contributed by atoms with van der Waals surface area (Å²) in [5, 5.41) is 10.7. The number of benzene rings is 2. The van der Waals surface area contributed by atoms with Crippen LogP contribution in [0.4, 0.5) is 20.3 Å². The van der Waals surface area contributed by atoms with Crippen LogP contribution in [0.3, 0.4) is 0 Å². The number of nitrogens with one attached hydrogen (secondary N) is 2. The Morgan fingerprint density at radius 1 is 1.00 bits per heavy atom. The minimum Gasteiger partial charge on any atom is -0.453 e. The smallest absolute Gasteiger partial charge is 0.167 e. The Kier molecular flexibility index (Phi) is 6.18. The molecule has 0 aliphatic heterocycles. The lowest BCUT2D eigenvalue weighted by Crippen LogP contribution is -2.15. The Bertz CT molecular complexity index is 1390. The molecule has 34 heavy (non-hydrogen) atoms.